The highest BCUT2D eigenvalue weighted by molar-refractivity contribution is 6.31. The van der Waals surface area contributed by atoms with Crippen molar-refractivity contribution in [3.63, 3.8) is 0 Å². The smallest absolute Gasteiger partial charge is 0.341 e. The number of benzene rings is 1. The summed E-state index contributed by atoms with van der Waals surface area (Å²) < 4.78 is 7.15. The average molecular weight is 403 g/mol. The number of esters is 1. The maximum atomic E-state index is 13.3. The second kappa shape index (κ2) is 8.66. The van der Waals surface area contributed by atoms with E-state index < -0.39 is 5.97 Å². The lowest BCUT2D eigenvalue weighted by atomic mass is 9.86. The zero-order valence-electron chi connectivity index (χ0n) is 17.1. The number of ketones is 2. The van der Waals surface area contributed by atoms with Gasteiger partial charge >= 0.3 is 5.97 Å². The number of rotatable bonds is 8. The Morgan fingerprint density at radius 2 is 1.53 bits per heavy atom. The summed E-state index contributed by atoms with van der Waals surface area (Å²) in [5.74, 6) is -1.11. The van der Waals surface area contributed by atoms with E-state index in [2.05, 4.69) is 6.92 Å². The molecule has 4 rings (SSSR count). The molecular formula is C25H25NO4. The summed E-state index contributed by atoms with van der Waals surface area (Å²) in [7, 11) is 0. The molecule has 154 valence electrons. The standard InChI is InChI=1S/C25H25NO4/c1-2-3-4-5-6-11-16-30-25(29)20-19-14-9-10-15-26(19)22-21(20)23(27)17-12-7-8-13-18(17)24(22)28/h7-10,12-15H,2-6,11,16H2,1H3. The van der Waals surface area contributed by atoms with Crippen molar-refractivity contribution in [3.8, 4) is 0 Å². The largest absolute Gasteiger partial charge is 0.462 e. The number of carbonyl (C=O) groups excluding carboxylic acids is 3. The van der Waals surface area contributed by atoms with Crippen LogP contribution in [0.4, 0.5) is 0 Å². The van der Waals surface area contributed by atoms with Gasteiger partial charge in [0.15, 0.2) is 5.78 Å². The van der Waals surface area contributed by atoms with Crippen LogP contribution in [0, 0.1) is 0 Å². The van der Waals surface area contributed by atoms with Gasteiger partial charge in [-0.05, 0) is 18.6 Å². The molecule has 1 aliphatic carbocycles. The van der Waals surface area contributed by atoms with Gasteiger partial charge in [0, 0.05) is 17.3 Å². The van der Waals surface area contributed by atoms with Crippen molar-refractivity contribution in [1.82, 2.24) is 4.40 Å². The summed E-state index contributed by atoms with van der Waals surface area (Å²) in [4.78, 5) is 39.4. The molecule has 1 aliphatic rings. The van der Waals surface area contributed by atoms with E-state index in [4.69, 9.17) is 4.74 Å². The van der Waals surface area contributed by atoms with Crippen LogP contribution in [0.5, 0.6) is 0 Å². The Morgan fingerprint density at radius 3 is 2.30 bits per heavy atom. The van der Waals surface area contributed by atoms with Gasteiger partial charge in [-0.2, -0.15) is 0 Å². The zero-order chi connectivity index (χ0) is 21.1. The first-order chi connectivity index (χ1) is 14.6. The normalized spacial score (nSPS) is 12.7. The molecule has 0 bridgehead atoms. The fourth-order valence-corrected chi connectivity index (χ4v) is 4.12. The predicted octanol–water partition coefficient (Wildman–Crippen LogP) is 5.23. The van der Waals surface area contributed by atoms with Crippen molar-refractivity contribution in [2.45, 2.75) is 45.4 Å². The van der Waals surface area contributed by atoms with Gasteiger partial charge in [-0.25, -0.2) is 4.79 Å². The lowest BCUT2D eigenvalue weighted by Gasteiger charge is -2.15. The van der Waals surface area contributed by atoms with E-state index in [-0.39, 0.29) is 28.4 Å². The first kappa shape index (κ1) is 20.1. The predicted molar refractivity (Wildman–Crippen MR) is 114 cm³/mol. The molecule has 0 fully saturated rings. The number of unbranched alkanes of at least 4 members (excludes halogenated alkanes) is 5. The van der Waals surface area contributed by atoms with E-state index in [0.29, 0.717) is 23.3 Å². The molecule has 0 atom stereocenters. The Labute approximate surface area is 175 Å². The van der Waals surface area contributed by atoms with Gasteiger partial charge in [0.1, 0.15) is 5.69 Å². The Kier molecular flexibility index (Phi) is 5.79. The minimum absolute atomic E-state index is 0.151. The van der Waals surface area contributed by atoms with E-state index in [1.54, 1.807) is 53.1 Å². The monoisotopic (exact) mass is 403 g/mol. The molecule has 0 saturated carbocycles. The molecule has 0 aliphatic heterocycles. The van der Waals surface area contributed by atoms with Crippen molar-refractivity contribution >= 4 is 23.1 Å². The molecule has 1 aromatic carbocycles. The molecular weight excluding hydrogens is 378 g/mol. The Hall–Kier alpha value is -3.21. The molecule has 2 heterocycles. The molecule has 0 radical (unpaired) electrons. The first-order valence-electron chi connectivity index (χ1n) is 10.6. The number of aromatic nitrogens is 1. The molecule has 0 spiro atoms. The van der Waals surface area contributed by atoms with Crippen LogP contribution >= 0.6 is 0 Å². The van der Waals surface area contributed by atoms with E-state index in [9.17, 15) is 14.4 Å². The minimum atomic E-state index is -0.547. The van der Waals surface area contributed by atoms with Gasteiger partial charge in [0.25, 0.3) is 0 Å². The minimum Gasteiger partial charge on any atom is -0.462 e. The van der Waals surface area contributed by atoms with Crippen LogP contribution in [0.2, 0.25) is 0 Å². The van der Waals surface area contributed by atoms with Gasteiger partial charge in [-0.3, -0.25) is 9.59 Å². The number of nitrogens with zero attached hydrogens (tertiary/aromatic N) is 1. The molecule has 30 heavy (non-hydrogen) atoms. The Bertz CT molecular complexity index is 1130. The van der Waals surface area contributed by atoms with Crippen molar-refractivity contribution in [3.05, 3.63) is 76.6 Å². The molecule has 2 aromatic heterocycles. The number of hydrogen-bond donors (Lipinski definition) is 0. The maximum Gasteiger partial charge on any atom is 0.341 e. The van der Waals surface area contributed by atoms with Gasteiger partial charge in [-0.15, -0.1) is 0 Å². The van der Waals surface area contributed by atoms with Gasteiger partial charge in [0.05, 0.1) is 23.3 Å². The summed E-state index contributed by atoms with van der Waals surface area (Å²) in [5.41, 5.74) is 1.79. The lowest BCUT2D eigenvalue weighted by molar-refractivity contribution is 0.0497. The highest BCUT2D eigenvalue weighted by Crippen LogP contribution is 2.34. The third-order valence-electron chi connectivity index (χ3n) is 5.64. The number of fused-ring (bicyclic) bond motifs is 4. The molecule has 0 amide bonds. The topological polar surface area (TPSA) is 64.8 Å². The number of pyridine rings is 1. The molecule has 5 heteroatoms. The highest BCUT2D eigenvalue weighted by Gasteiger charge is 2.38. The summed E-state index contributed by atoms with van der Waals surface area (Å²) in [6, 6.07) is 12.0. The van der Waals surface area contributed by atoms with Crippen molar-refractivity contribution < 1.29 is 19.1 Å². The second-order valence-electron chi connectivity index (χ2n) is 7.66. The molecule has 3 aromatic rings. The Morgan fingerprint density at radius 1 is 0.867 bits per heavy atom. The van der Waals surface area contributed by atoms with Crippen LogP contribution in [-0.4, -0.2) is 28.5 Å². The highest BCUT2D eigenvalue weighted by atomic mass is 16.5. The van der Waals surface area contributed by atoms with E-state index >= 15 is 0 Å². The number of ether oxygens (including phenoxy) is 1. The molecule has 0 N–H and O–H groups in total. The zero-order valence-corrected chi connectivity index (χ0v) is 17.1. The fraction of sp³-hybridized carbons (Fsp3) is 0.320. The van der Waals surface area contributed by atoms with E-state index in [1.165, 1.54) is 19.3 Å². The van der Waals surface area contributed by atoms with E-state index in [1.807, 2.05) is 0 Å². The van der Waals surface area contributed by atoms with Crippen molar-refractivity contribution in [2.75, 3.05) is 6.61 Å². The third kappa shape index (κ3) is 3.45. The fourth-order valence-electron chi connectivity index (χ4n) is 4.12. The van der Waals surface area contributed by atoms with Gasteiger partial charge in [-0.1, -0.05) is 69.4 Å². The molecule has 0 saturated heterocycles. The average Bonchev–Trinajstić information content (AvgIpc) is 3.12. The quantitative estimate of drug-likeness (QED) is 0.298. The van der Waals surface area contributed by atoms with Crippen molar-refractivity contribution in [1.29, 1.82) is 0 Å². The maximum absolute atomic E-state index is 13.3. The summed E-state index contributed by atoms with van der Waals surface area (Å²) in [5, 5.41) is 0. The van der Waals surface area contributed by atoms with Crippen LogP contribution in [0.1, 0.15) is 87.8 Å². The van der Waals surface area contributed by atoms with Crippen LogP contribution in [0.25, 0.3) is 5.52 Å². The van der Waals surface area contributed by atoms with Crippen LogP contribution in [0.15, 0.2) is 48.7 Å². The molecule has 5 nitrogen and oxygen atoms in total. The summed E-state index contributed by atoms with van der Waals surface area (Å²) in [6.45, 7) is 2.48. The molecule has 0 unspecified atom stereocenters. The number of hydrogen-bond acceptors (Lipinski definition) is 4. The third-order valence-corrected chi connectivity index (χ3v) is 5.64. The van der Waals surface area contributed by atoms with Crippen LogP contribution in [-0.2, 0) is 4.74 Å². The number of carbonyl (C=O) groups is 3. The van der Waals surface area contributed by atoms with Crippen LogP contribution < -0.4 is 0 Å². The summed E-state index contributed by atoms with van der Waals surface area (Å²) in [6.07, 6.45) is 8.24. The van der Waals surface area contributed by atoms with Gasteiger partial charge in [0.2, 0.25) is 5.78 Å². The second-order valence-corrected chi connectivity index (χ2v) is 7.66. The lowest BCUT2D eigenvalue weighted by Crippen LogP contribution is -2.23. The van der Waals surface area contributed by atoms with Crippen LogP contribution in [0.3, 0.4) is 0 Å². The SMILES string of the molecule is CCCCCCCCOC(=O)c1c2c(n3ccccc13)C(=O)c1ccccc1C2=O. The van der Waals surface area contributed by atoms with Gasteiger partial charge < -0.3 is 9.14 Å². The Balaban J connectivity index is 1.64. The van der Waals surface area contributed by atoms with E-state index in [0.717, 1.165) is 19.3 Å². The first-order valence-corrected chi connectivity index (χ1v) is 10.6. The van der Waals surface area contributed by atoms with Crippen molar-refractivity contribution in [2.24, 2.45) is 0 Å². The summed E-state index contributed by atoms with van der Waals surface area (Å²) >= 11 is 0.